The first kappa shape index (κ1) is 11.9. The summed E-state index contributed by atoms with van der Waals surface area (Å²) >= 11 is 6.49. The van der Waals surface area contributed by atoms with Gasteiger partial charge in [-0.2, -0.15) is 0 Å². The number of aromatic nitrogens is 3. The van der Waals surface area contributed by atoms with Gasteiger partial charge in [0.2, 0.25) is 5.95 Å². The van der Waals surface area contributed by atoms with Crippen molar-refractivity contribution in [2.24, 2.45) is 5.73 Å². The van der Waals surface area contributed by atoms with Gasteiger partial charge in [-0.1, -0.05) is 12.2 Å². The summed E-state index contributed by atoms with van der Waals surface area (Å²) in [5.74, 6) is 0.515. The molecule has 3 N–H and O–H groups in total. The van der Waals surface area contributed by atoms with Gasteiger partial charge in [-0.25, -0.2) is 15.0 Å². The smallest absolute Gasteiger partial charge is 0.223 e. The molecule has 0 unspecified atom stereocenters. The summed E-state index contributed by atoms with van der Waals surface area (Å²) < 4.78 is 0. The van der Waals surface area contributed by atoms with Crippen LogP contribution in [0.2, 0.25) is 0 Å². The van der Waals surface area contributed by atoms with Crippen molar-refractivity contribution in [3.05, 3.63) is 34.0 Å². The lowest BCUT2D eigenvalue weighted by Gasteiger charge is -2.03. The number of hydrogen-bond acceptors (Lipinski definition) is 6. The Morgan fingerprint density at radius 2 is 2.35 bits per heavy atom. The fourth-order valence-electron chi connectivity index (χ4n) is 1.23. The Morgan fingerprint density at radius 1 is 1.53 bits per heavy atom. The van der Waals surface area contributed by atoms with E-state index in [1.807, 2.05) is 13.1 Å². The van der Waals surface area contributed by atoms with Gasteiger partial charge in [0, 0.05) is 17.3 Å². The van der Waals surface area contributed by atoms with Crippen molar-refractivity contribution in [2.45, 2.75) is 13.5 Å². The van der Waals surface area contributed by atoms with Crippen molar-refractivity contribution >= 4 is 34.5 Å². The molecule has 0 amide bonds. The fourth-order valence-corrected chi connectivity index (χ4v) is 2.08. The lowest BCUT2D eigenvalue weighted by atomic mass is 10.4. The second-order valence-electron chi connectivity index (χ2n) is 3.33. The first-order valence-electron chi connectivity index (χ1n) is 4.93. The molecule has 0 saturated carbocycles. The molecule has 0 aliphatic carbocycles. The van der Waals surface area contributed by atoms with E-state index in [1.54, 1.807) is 23.6 Å². The Labute approximate surface area is 108 Å². The molecule has 0 aliphatic heterocycles. The zero-order valence-corrected chi connectivity index (χ0v) is 10.8. The zero-order valence-electron chi connectivity index (χ0n) is 9.17. The molecule has 2 rings (SSSR count). The average Bonchev–Trinajstić information content (AvgIpc) is 2.73. The molecule has 2 aromatic heterocycles. The molecule has 0 bridgehead atoms. The summed E-state index contributed by atoms with van der Waals surface area (Å²) in [6.45, 7) is 2.62. The van der Waals surface area contributed by atoms with Crippen molar-refractivity contribution in [3.8, 4) is 0 Å². The zero-order chi connectivity index (χ0) is 12.3. The number of thiocarbonyl (C=S) groups is 1. The molecule has 17 heavy (non-hydrogen) atoms. The molecule has 2 aromatic rings. The highest BCUT2D eigenvalue weighted by Crippen LogP contribution is 2.12. The second-order valence-corrected chi connectivity index (χ2v) is 5.09. The largest absolute Gasteiger partial charge is 0.388 e. The third kappa shape index (κ3) is 3.18. The van der Waals surface area contributed by atoms with E-state index in [1.165, 1.54) is 0 Å². The highest BCUT2D eigenvalue weighted by Gasteiger charge is 2.02. The maximum Gasteiger partial charge on any atom is 0.223 e. The van der Waals surface area contributed by atoms with Crippen molar-refractivity contribution in [1.29, 1.82) is 0 Å². The van der Waals surface area contributed by atoms with Crippen LogP contribution in [-0.4, -0.2) is 19.9 Å². The molecule has 0 atom stereocenters. The number of thiazole rings is 1. The number of aryl methyl sites for hydroxylation is 1. The first-order chi connectivity index (χ1) is 8.15. The molecule has 5 nitrogen and oxygen atoms in total. The van der Waals surface area contributed by atoms with Crippen LogP contribution < -0.4 is 11.1 Å². The van der Waals surface area contributed by atoms with Crippen LogP contribution in [0.25, 0.3) is 0 Å². The monoisotopic (exact) mass is 265 g/mol. The summed E-state index contributed by atoms with van der Waals surface area (Å²) in [5.41, 5.74) is 6.07. The van der Waals surface area contributed by atoms with Crippen molar-refractivity contribution in [2.75, 3.05) is 5.32 Å². The Hall–Kier alpha value is -1.60. The Kier molecular flexibility index (Phi) is 3.60. The Balaban J connectivity index is 2.04. The van der Waals surface area contributed by atoms with E-state index in [4.69, 9.17) is 18.0 Å². The molecule has 88 valence electrons. The summed E-state index contributed by atoms with van der Waals surface area (Å²) in [5, 5.41) is 4.14. The van der Waals surface area contributed by atoms with Crippen LogP contribution in [0.4, 0.5) is 5.95 Å². The standard InChI is InChI=1S/C10H11N5S2/c1-6-13-4-7(17-6)5-14-10-12-3-2-8(15-10)9(11)16/h2-4H,5H2,1H3,(H2,11,16)(H,12,14,15). The molecule has 0 spiro atoms. The summed E-state index contributed by atoms with van der Waals surface area (Å²) in [4.78, 5) is 13.9. The third-order valence-corrected chi connectivity index (χ3v) is 3.12. The van der Waals surface area contributed by atoms with E-state index in [-0.39, 0.29) is 4.99 Å². The number of nitrogens with two attached hydrogens (primary N) is 1. The van der Waals surface area contributed by atoms with Gasteiger partial charge in [-0.3, -0.25) is 0 Å². The lowest BCUT2D eigenvalue weighted by molar-refractivity contribution is 1.06. The second kappa shape index (κ2) is 5.15. The van der Waals surface area contributed by atoms with Crippen LogP contribution >= 0.6 is 23.6 Å². The van der Waals surface area contributed by atoms with Gasteiger partial charge in [0.05, 0.1) is 11.6 Å². The fraction of sp³-hybridized carbons (Fsp3) is 0.200. The van der Waals surface area contributed by atoms with E-state index < -0.39 is 0 Å². The summed E-state index contributed by atoms with van der Waals surface area (Å²) in [7, 11) is 0. The highest BCUT2D eigenvalue weighted by atomic mass is 32.1. The number of hydrogen-bond donors (Lipinski definition) is 2. The van der Waals surface area contributed by atoms with Crippen LogP contribution in [-0.2, 0) is 6.54 Å². The molecular formula is C10H11N5S2. The third-order valence-electron chi connectivity index (χ3n) is 2.00. The topological polar surface area (TPSA) is 76.7 Å². The van der Waals surface area contributed by atoms with Gasteiger partial charge in [-0.15, -0.1) is 11.3 Å². The van der Waals surface area contributed by atoms with Crippen LogP contribution in [0, 0.1) is 6.92 Å². The van der Waals surface area contributed by atoms with E-state index in [0.717, 1.165) is 9.88 Å². The summed E-state index contributed by atoms with van der Waals surface area (Å²) in [6.07, 6.45) is 3.46. The SMILES string of the molecule is Cc1ncc(CNc2nccc(C(N)=S)n2)s1. The number of anilines is 1. The highest BCUT2D eigenvalue weighted by molar-refractivity contribution is 7.80. The molecule has 0 fully saturated rings. The minimum absolute atomic E-state index is 0.268. The Morgan fingerprint density at radius 3 is 3.00 bits per heavy atom. The van der Waals surface area contributed by atoms with Crippen molar-refractivity contribution in [1.82, 2.24) is 15.0 Å². The molecule has 0 aliphatic rings. The number of rotatable bonds is 4. The van der Waals surface area contributed by atoms with E-state index in [9.17, 15) is 0 Å². The normalized spacial score (nSPS) is 10.2. The van der Waals surface area contributed by atoms with E-state index in [2.05, 4.69) is 20.3 Å². The molecule has 0 radical (unpaired) electrons. The van der Waals surface area contributed by atoms with Crippen LogP contribution in [0.3, 0.4) is 0 Å². The predicted octanol–water partition coefficient (Wildman–Crippen LogP) is 1.49. The quantitative estimate of drug-likeness (QED) is 0.816. The molecule has 0 aromatic carbocycles. The van der Waals surface area contributed by atoms with Gasteiger partial charge in [0.25, 0.3) is 0 Å². The lowest BCUT2D eigenvalue weighted by Crippen LogP contribution is -2.13. The molecule has 7 heteroatoms. The molecule has 0 saturated heterocycles. The van der Waals surface area contributed by atoms with E-state index >= 15 is 0 Å². The maximum atomic E-state index is 5.50. The molecule has 2 heterocycles. The minimum Gasteiger partial charge on any atom is -0.388 e. The molecular weight excluding hydrogens is 254 g/mol. The van der Waals surface area contributed by atoms with Crippen LogP contribution in [0.5, 0.6) is 0 Å². The van der Waals surface area contributed by atoms with Crippen molar-refractivity contribution < 1.29 is 0 Å². The van der Waals surface area contributed by atoms with Gasteiger partial charge < -0.3 is 11.1 Å². The maximum absolute atomic E-state index is 5.50. The van der Waals surface area contributed by atoms with Crippen molar-refractivity contribution in [3.63, 3.8) is 0 Å². The van der Waals surface area contributed by atoms with E-state index in [0.29, 0.717) is 18.2 Å². The first-order valence-corrected chi connectivity index (χ1v) is 6.15. The Bertz CT molecular complexity index is 537. The van der Waals surface area contributed by atoms with Gasteiger partial charge in [0.1, 0.15) is 10.7 Å². The average molecular weight is 265 g/mol. The van der Waals surface area contributed by atoms with Gasteiger partial charge in [0.15, 0.2) is 0 Å². The van der Waals surface area contributed by atoms with Gasteiger partial charge >= 0.3 is 0 Å². The van der Waals surface area contributed by atoms with Crippen LogP contribution in [0.1, 0.15) is 15.6 Å². The number of nitrogens with zero attached hydrogens (tertiary/aromatic N) is 3. The summed E-state index contributed by atoms with van der Waals surface area (Å²) in [6, 6.07) is 1.68. The number of nitrogens with one attached hydrogen (secondary N) is 1. The predicted molar refractivity (Wildman–Crippen MR) is 72.1 cm³/mol. The van der Waals surface area contributed by atoms with Gasteiger partial charge in [-0.05, 0) is 13.0 Å². The minimum atomic E-state index is 0.268. The van der Waals surface area contributed by atoms with Crippen LogP contribution in [0.15, 0.2) is 18.5 Å².